The maximum absolute atomic E-state index is 11.6. The normalized spacial score (nSPS) is 13.3. The van der Waals surface area contributed by atoms with E-state index in [-0.39, 0.29) is 0 Å². The van der Waals surface area contributed by atoms with Gasteiger partial charge in [-0.25, -0.2) is 9.59 Å². The van der Waals surface area contributed by atoms with Gasteiger partial charge >= 0.3 is 18.0 Å². The molecule has 0 aliphatic heterocycles. The van der Waals surface area contributed by atoms with Crippen molar-refractivity contribution in [3.63, 3.8) is 0 Å². The van der Waals surface area contributed by atoms with E-state index in [0.717, 1.165) is 25.7 Å². The minimum atomic E-state index is -1.41. The van der Waals surface area contributed by atoms with Crippen LogP contribution in [0.1, 0.15) is 46.0 Å². The second kappa shape index (κ2) is 10.1. The fourth-order valence-corrected chi connectivity index (χ4v) is 1.76. The molecule has 0 aliphatic rings. The molecule has 7 heteroatoms. The van der Waals surface area contributed by atoms with Crippen LogP contribution >= 0.6 is 0 Å². The first kappa shape index (κ1) is 18.2. The largest absolute Gasteiger partial charge is 0.481 e. The molecule has 20 heavy (non-hydrogen) atoms. The van der Waals surface area contributed by atoms with Gasteiger partial charge in [-0.05, 0) is 12.3 Å². The van der Waals surface area contributed by atoms with Crippen LogP contribution in [0.15, 0.2) is 0 Å². The quantitative estimate of drug-likeness (QED) is 0.485. The van der Waals surface area contributed by atoms with E-state index in [2.05, 4.69) is 17.6 Å². The summed E-state index contributed by atoms with van der Waals surface area (Å²) in [6.07, 6.45) is 3.46. The summed E-state index contributed by atoms with van der Waals surface area (Å²) < 4.78 is 0. The Balaban J connectivity index is 4.18. The van der Waals surface area contributed by atoms with E-state index >= 15 is 0 Å². The third-order valence-corrected chi connectivity index (χ3v) is 3.08. The van der Waals surface area contributed by atoms with Gasteiger partial charge in [0.1, 0.15) is 6.04 Å². The molecule has 0 saturated carbocycles. The van der Waals surface area contributed by atoms with Gasteiger partial charge in [-0.1, -0.05) is 33.1 Å². The number of carboxylic acids is 2. The molecule has 0 rings (SSSR count). The molecular formula is C13H24N2O5. The zero-order chi connectivity index (χ0) is 15.5. The fourth-order valence-electron chi connectivity index (χ4n) is 1.76. The summed E-state index contributed by atoms with van der Waals surface area (Å²) in [6.45, 7) is 4.59. The predicted molar refractivity (Wildman–Crippen MR) is 73.5 cm³/mol. The van der Waals surface area contributed by atoms with Crippen LogP contribution in [-0.2, 0) is 9.59 Å². The lowest BCUT2D eigenvalue weighted by molar-refractivity contribution is -0.145. The molecular weight excluding hydrogens is 264 g/mol. The van der Waals surface area contributed by atoms with Crippen molar-refractivity contribution in [3.8, 4) is 0 Å². The number of carboxylic acid groups (broad SMARTS) is 2. The first-order chi connectivity index (χ1) is 9.40. The number of carbonyl (C=O) groups excluding carboxylic acids is 1. The topological polar surface area (TPSA) is 116 Å². The van der Waals surface area contributed by atoms with Gasteiger partial charge < -0.3 is 20.8 Å². The van der Waals surface area contributed by atoms with Crippen LogP contribution in [0.5, 0.6) is 0 Å². The van der Waals surface area contributed by atoms with Gasteiger partial charge in [0.15, 0.2) is 0 Å². The Morgan fingerprint density at radius 3 is 2.25 bits per heavy atom. The highest BCUT2D eigenvalue weighted by Gasteiger charge is 2.23. The van der Waals surface area contributed by atoms with Gasteiger partial charge in [0.2, 0.25) is 0 Å². The third-order valence-electron chi connectivity index (χ3n) is 3.08. The molecule has 0 aromatic carbocycles. The molecule has 4 N–H and O–H groups in total. The van der Waals surface area contributed by atoms with Crippen molar-refractivity contribution >= 4 is 18.0 Å². The van der Waals surface area contributed by atoms with Crippen molar-refractivity contribution in [3.05, 3.63) is 0 Å². The summed E-state index contributed by atoms with van der Waals surface area (Å²) in [7, 11) is 0. The van der Waals surface area contributed by atoms with E-state index in [1.165, 1.54) is 0 Å². The second-order valence-corrected chi connectivity index (χ2v) is 4.76. The summed E-state index contributed by atoms with van der Waals surface area (Å²) in [5, 5.41) is 22.1. The summed E-state index contributed by atoms with van der Waals surface area (Å²) in [5.74, 6) is -2.28. The van der Waals surface area contributed by atoms with Crippen LogP contribution < -0.4 is 10.6 Å². The molecule has 0 aromatic rings. The van der Waals surface area contributed by atoms with E-state index < -0.39 is 30.4 Å². The fraction of sp³-hybridized carbons (Fsp3) is 0.769. The van der Waals surface area contributed by atoms with Gasteiger partial charge in [-0.2, -0.15) is 0 Å². The molecule has 0 spiro atoms. The lowest BCUT2D eigenvalue weighted by Gasteiger charge is -2.17. The molecule has 0 saturated heterocycles. The zero-order valence-corrected chi connectivity index (χ0v) is 12.0. The van der Waals surface area contributed by atoms with Gasteiger partial charge in [-0.15, -0.1) is 0 Å². The van der Waals surface area contributed by atoms with Crippen LogP contribution in [0.4, 0.5) is 4.79 Å². The number of hydrogen-bond acceptors (Lipinski definition) is 3. The smallest absolute Gasteiger partial charge is 0.326 e. The van der Waals surface area contributed by atoms with Crippen LogP contribution in [0.2, 0.25) is 0 Å². The minimum Gasteiger partial charge on any atom is -0.481 e. The number of amides is 2. The molecule has 116 valence electrons. The molecule has 2 atom stereocenters. The number of hydrogen-bond donors (Lipinski definition) is 4. The second-order valence-electron chi connectivity index (χ2n) is 4.76. The van der Waals surface area contributed by atoms with Crippen molar-refractivity contribution in [1.82, 2.24) is 10.6 Å². The van der Waals surface area contributed by atoms with Gasteiger partial charge in [0, 0.05) is 6.54 Å². The molecule has 0 aromatic heterocycles. The Kier molecular flexibility index (Phi) is 9.15. The molecule has 2 amide bonds. The number of carbonyl (C=O) groups is 3. The third kappa shape index (κ3) is 8.34. The highest BCUT2D eigenvalue weighted by atomic mass is 16.4. The summed E-state index contributed by atoms with van der Waals surface area (Å²) >= 11 is 0. The van der Waals surface area contributed by atoms with Gasteiger partial charge in [0.05, 0.1) is 6.42 Å². The van der Waals surface area contributed by atoms with Crippen LogP contribution in [-0.4, -0.2) is 40.8 Å². The van der Waals surface area contributed by atoms with Crippen molar-refractivity contribution in [2.24, 2.45) is 5.92 Å². The van der Waals surface area contributed by atoms with Crippen LogP contribution in [0.3, 0.4) is 0 Å². The average Bonchev–Trinajstić information content (AvgIpc) is 2.37. The Labute approximate surface area is 118 Å². The standard InChI is InChI=1S/C13H24N2O5/c1-3-5-6-9(4-2)8-14-13(20)15-10(12(18)19)7-11(16)17/h9-10H,3-8H2,1-2H3,(H,16,17)(H,18,19)(H2,14,15,20)/t9?,10-/m0/s1. The highest BCUT2D eigenvalue weighted by Crippen LogP contribution is 2.11. The van der Waals surface area contributed by atoms with E-state index in [9.17, 15) is 14.4 Å². The lowest BCUT2D eigenvalue weighted by Crippen LogP contribution is -2.47. The zero-order valence-electron chi connectivity index (χ0n) is 12.0. The molecule has 1 unspecified atom stereocenters. The first-order valence-electron chi connectivity index (χ1n) is 6.89. The lowest BCUT2D eigenvalue weighted by atomic mass is 9.99. The number of aliphatic carboxylic acids is 2. The number of unbranched alkanes of at least 4 members (excludes halogenated alkanes) is 1. The summed E-state index contributed by atoms with van der Waals surface area (Å²) in [5.41, 5.74) is 0. The number of urea groups is 1. The van der Waals surface area contributed by atoms with Crippen molar-refractivity contribution < 1.29 is 24.6 Å². The monoisotopic (exact) mass is 288 g/mol. The van der Waals surface area contributed by atoms with E-state index in [1.54, 1.807) is 0 Å². The Bertz CT molecular complexity index is 333. The van der Waals surface area contributed by atoms with Gasteiger partial charge in [0.25, 0.3) is 0 Å². The van der Waals surface area contributed by atoms with Crippen LogP contribution in [0.25, 0.3) is 0 Å². The Morgan fingerprint density at radius 1 is 1.15 bits per heavy atom. The average molecular weight is 288 g/mol. The van der Waals surface area contributed by atoms with Gasteiger partial charge in [-0.3, -0.25) is 4.79 Å². The van der Waals surface area contributed by atoms with E-state index in [4.69, 9.17) is 10.2 Å². The van der Waals surface area contributed by atoms with Crippen molar-refractivity contribution in [1.29, 1.82) is 0 Å². The SMILES string of the molecule is CCCCC(CC)CNC(=O)N[C@@H](CC(=O)O)C(=O)O. The molecule has 0 heterocycles. The molecule has 0 radical (unpaired) electrons. The summed E-state index contributed by atoms with van der Waals surface area (Å²) in [6, 6.07) is -2.06. The molecule has 0 bridgehead atoms. The number of nitrogens with one attached hydrogen (secondary N) is 2. The number of rotatable bonds is 10. The highest BCUT2D eigenvalue weighted by molar-refractivity contribution is 5.86. The van der Waals surface area contributed by atoms with E-state index in [0.29, 0.717) is 12.5 Å². The Morgan fingerprint density at radius 2 is 1.80 bits per heavy atom. The Hall–Kier alpha value is -1.79. The summed E-state index contributed by atoms with van der Waals surface area (Å²) in [4.78, 5) is 32.8. The van der Waals surface area contributed by atoms with Crippen molar-refractivity contribution in [2.45, 2.75) is 52.0 Å². The molecule has 0 fully saturated rings. The van der Waals surface area contributed by atoms with Crippen molar-refractivity contribution in [2.75, 3.05) is 6.54 Å². The minimum absolute atomic E-state index is 0.350. The first-order valence-corrected chi connectivity index (χ1v) is 6.89. The maximum Gasteiger partial charge on any atom is 0.326 e. The molecule has 0 aliphatic carbocycles. The van der Waals surface area contributed by atoms with Crippen LogP contribution in [0, 0.1) is 5.92 Å². The predicted octanol–water partition coefficient (Wildman–Crippen LogP) is 1.43. The molecule has 7 nitrogen and oxygen atoms in total. The van der Waals surface area contributed by atoms with E-state index in [1.807, 2.05) is 6.92 Å². The maximum atomic E-state index is 11.6.